The van der Waals surface area contributed by atoms with Gasteiger partial charge in [0.15, 0.2) is 0 Å². The third-order valence-electron chi connectivity index (χ3n) is 7.14. The number of hydrogen-bond acceptors (Lipinski definition) is 3. The highest BCUT2D eigenvalue weighted by molar-refractivity contribution is 6.08. The lowest BCUT2D eigenvalue weighted by Crippen LogP contribution is -2.38. The Kier molecular flexibility index (Phi) is 5.96. The highest BCUT2D eigenvalue weighted by atomic mass is 19.1. The van der Waals surface area contributed by atoms with E-state index in [1.165, 1.54) is 35.2 Å². The van der Waals surface area contributed by atoms with Crippen LogP contribution in [0.15, 0.2) is 59.8 Å². The van der Waals surface area contributed by atoms with Crippen LogP contribution in [0, 0.1) is 24.5 Å². The molecule has 8 heteroatoms. The van der Waals surface area contributed by atoms with Gasteiger partial charge in [0.05, 0.1) is 41.3 Å². The predicted octanol–water partition coefficient (Wildman–Crippen LogP) is 5.19. The molecule has 35 heavy (non-hydrogen) atoms. The molecule has 0 radical (unpaired) electrons. The minimum Gasteiger partial charge on any atom is -0.347 e. The first-order valence-corrected chi connectivity index (χ1v) is 11.7. The summed E-state index contributed by atoms with van der Waals surface area (Å²) < 4.78 is 30.4. The molecule has 1 saturated carbocycles. The highest BCUT2D eigenvalue weighted by Gasteiger charge is 2.32. The Labute approximate surface area is 201 Å². The van der Waals surface area contributed by atoms with Gasteiger partial charge in [0.2, 0.25) is 0 Å². The molecule has 1 aliphatic rings. The second-order valence-electron chi connectivity index (χ2n) is 9.18. The summed E-state index contributed by atoms with van der Waals surface area (Å²) in [5.41, 5.74) is 1.47. The summed E-state index contributed by atoms with van der Waals surface area (Å²) in [6, 6.07) is 9.65. The van der Waals surface area contributed by atoms with Crippen LogP contribution in [0.5, 0.6) is 0 Å². The maximum atomic E-state index is 15.0. The molecule has 0 saturated heterocycles. The molecule has 4 aromatic rings. The molecule has 1 fully saturated rings. The zero-order valence-electron chi connectivity index (χ0n) is 19.5. The number of rotatable bonds is 6. The molecule has 2 N–H and O–H groups in total. The second kappa shape index (κ2) is 9.09. The Balaban J connectivity index is 1.65. The van der Waals surface area contributed by atoms with E-state index in [-0.39, 0.29) is 34.1 Å². The van der Waals surface area contributed by atoms with Gasteiger partial charge in [-0.05, 0) is 56.4 Å². The molecule has 2 aromatic carbocycles. The Morgan fingerprint density at radius 2 is 1.97 bits per heavy atom. The number of aromatic amines is 1. The van der Waals surface area contributed by atoms with Gasteiger partial charge >= 0.3 is 0 Å². The van der Waals surface area contributed by atoms with E-state index in [0.717, 1.165) is 19.3 Å². The Bertz CT molecular complexity index is 1460. The van der Waals surface area contributed by atoms with E-state index in [1.807, 2.05) is 0 Å². The summed E-state index contributed by atoms with van der Waals surface area (Å²) in [5, 5.41) is 3.20. The van der Waals surface area contributed by atoms with Crippen LogP contribution in [0.2, 0.25) is 0 Å². The smallest absolute Gasteiger partial charge is 0.262 e. The number of benzene rings is 2. The molecule has 2 heterocycles. The first kappa shape index (κ1) is 23.0. The van der Waals surface area contributed by atoms with E-state index in [2.05, 4.69) is 15.3 Å². The quantitative estimate of drug-likeness (QED) is 0.402. The molecule has 0 bridgehead atoms. The van der Waals surface area contributed by atoms with Gasteiger partial charge in [0.25, 0.3) is 11.5 Å². The minimum absolute atomic E-state index is 0.138. The third kappa shape index (κ3) is 4.03. The number of fused-ring (bicyclic) bond motifs is 1. The van der Waals surface area contributed by atoms with Gasteiger partial charge in [-0.25, -0.2) is 13.8 Å². The van der Waals surface area contributed by atoms with Gasteiger partial charge < -0.3 is 14.9 Å². The van der Waals surface area contributed by atoms with E-state index >= 15 is 0 Å². The lowest BCUT2D eigenvalue weighted by atomic mass is 9.77. The van der Waals surface area contributed by atoms with Crippen molar-refractivity contribution < 1.29 is 13.6 Å². The van der Waals surface area contributed by atoms with Crippen molar-refractivity contribution in [1.82, 2.24) is 19.9 Å². The average Bonchev–Trinajstić information content (AvgIpc) is 3.32. The van der Waals surface area contributed by atoms with Gasteiger partial charge in [0, 0.05) is 11.1 Å². The largest absolute Gasteiger partial charge is 0.347 e. The third-order valence-corrected chi connectivity index (χ3v) is 7.14. The molecule has 6 nitrogen and oxygen atoms in total. The van der Waals surface area contributed by atoms with E-state index in [9.17, 15) is 18.4 Å². The fraction of sp³-hybridized carbons (Fsp3) is 0.296. The number of nitrogens with one attached hydrogen (secondary N) is 2. The SMILES string of the molecule is Cc1c(C(=O)NC(c2cccc(F)c2)C2CCC2)c2cccc(F)c2c(=O)n1[C@@H](C)c1cnc[nH]1. The highest BCUT2D eigenvalue weighted by Crippen LogP contribution is 2.38. The fourth-order valence-corrected chi connectivity index (χ4v) is 5.09. The summed E-state index contributed by atoms with van der Waals surface area (Å²) >= 11 is 0. The lowest BCUT2D eigenvalue weighted by Gasteiger charge is -2.35. The lowest BCUT2D eigenvalue weighted by molar-refractivity contribution is 0.0900. The Hall–Kier alpha value is -3.81. The normalized spacial score (nSPS) is 15.5. The van der Waals surface area contributed by atoms with Gasteiger partial charge in [-0.2, -0.15) is 0 Å². The number of carbonyl (C=O) groups is 1. The number of amides is 1. The fourth-order valence-electron chi connectivity index (χ4n) is 5.09. The second-order valence-corrected chi connectivity index (χ2v) is 9.18. The molecule has 1 aliphatic carbocycles. The number of imidazole rings is 1. The van der Waals surface area contributed by atoms with Gasteiger partial charge in [-0.1, -0.05) is 30.7 Å². The van der Waals surface area contributed by atoms with Crippen molar-refractivity contribution in [3.05, 3.63) is 99.5 Å². The van der Waals surface area contributed by atoms with Crippen molar-refractivity contribution >= 4 is 16.7 Å². The van der Waals surface area contributed by atoms with E-state index < -0.39 is 23.3 Å². The number of pyridine rings is 1. The van der Waals surface area contributed by atoms with E-state index in [0.29, 0.717) is 17.0 Å². The van der Waals surface area contributed by atoms with Crippen LogP contribution in [0.25, 0.3) is 10.8 Å². The molecule has 2 aromatic heterocycles. The van der Waals surface area contributed by atoms with Crippen molar-refractivity contribution in [3.8, 4) is 0 Å². The van der Waals surface area contributed by atoms with Gasteiger partial charge in [-0.3, -0.25) is 9.59 Å². The van der Waals surface area contributed by atoms with Crippen molar-refractivity contribution in [3.63, 3.8) is 0 Å². The molecule has 1 amide bonds. The number of halogens is 2. The first-order valence-electron chi connectivity index (χ1n) is 11.7. The van der Waals surface area contributed by atoms with Crippen LogP contribution in [-0.4, -0.2) is 20.4 Å². The maximum absolute atomic E-state index is 15.0. The molecular weight excluding hydrogens is 450 g/mol. The molecule has 1 unspecified atom stereocenters. The monoisotopic (exact) mass is 476 g/mol. The summed E-state index contributed by atoms with van der Waals surface area (Å²) in [6.45, 7) is 3.48. The van der Waals surface area contributed by atoms with Gasteiger partial charge in [-0.15, -0.1) is 0 Å². The predicted molar refractivity (Wildman–Crippen MR) is 129 cm³/mol. The summed E-state index contributed by atoms with van der Waals surface area (Å²) in [5.74, 6) is -1.30. The van der Waals surface area contributed by atoms with Crippen LogP contribution in [0.4, 0.5) is 8.78 Å². The van der Waals surface area contributed by atoms with Crippen molar-refractivity contribution in [1.29, 1.82) is 0 Å². The molecule has 180 valence electrons. The Morgan fingerprint density at radius 3 is 2.63 bits per heavy atom. The number of nitrogens with zero attached hydrogens (tertiary/aromatic N) is 2. The number of H-pyrrole nitrogens is 1. The van der Waals surface area contributed by atoms with Crippen molar-refractivity contribution in [2.45, 2.75) is 45.2 Å². The minimum atomic E-state index is -0.687. The molecular formula is C27H26F2N4O2. The summed E-state index contributed by atoms with van der Waals surface area (Å²) in [7, 11) is 0. The first-order chi connectivity index (χ1) is 16.9. The topological polar surface area (TPSA) is 79.8 Å². The summed E-state index contributed by atoms with van der Waals surface area (Å²) in [4.78, 5) is 34.3. The standard InChI is InChI=1S/C27H26F2N4O2/c1-15(22-13-30-14-31-22)33-16(2)23(20-10-5-11-21(29)24(20)27(33)35)26(34)32-25(17-6-3-7-17)18-8-4-9-19(28)12-18/h4-5,8-15,17,25H,3,6-7H2,1-2H3,(H,30,31)(H,32,34)/t15-,25?/m0/s1. The van der Waals surface area contributed by atoms with Crippen LogP contribution in [0.1, 0.15) is 65.6 Å². The van der Waals surface area contributed by atoms with Crippen molar-refractivity contribution in [2.24, 2.45) is 5.92 Å². The van der Waals surface area contributed by atoms with Crippen LogP contribution >= 0.6 is 0 Å². The van der Waals surface area contributed by atoms with E-state index in [1.54, 1.807) is 38.2 Å². The van der Waals surface area contributed by atoms with Crippen LogP contribution in [0.3, 0.4) is 0 Å². The Morgan fingerprint density at radius 1 is 1.20 bits per heavy atom. The number of hydrogen-bond donors (Lipinski definition) is 2. The van der Waals surface area contributed by atoms with Gasteiger partial charge in [0.1, 0.15) is 11.6 Å². The average molecular weight is 477 g/mol. The number of carbonyl (C=O) groups excluding carboxylic acids is 1. The maximum Gasteiger partial charge on any atom is 0.262 e. The van der Waals surface area contributed by atoms with E-state index in [4.69, 9.17) is 0 Å². The van der Waals surface area contributed by atoms with Crippen LogP contribution < -0.4 is 10.9 Å². The number of aromatic nitrogens is 3. The van der Waals surface area contributed by atoms with Crippen LogP contribution in [-0.2, 0) is 0 Å². The summed E-state index contributed by atoms with van der Waals surface area (Å²) in [6.07, 6.45) is 5.99. The molecule has 0 aliphatic heterocycles. The molecule has 2 atom stereocenters. The molecule has 5 rings (SSSR count). The molecule has 0 spiro atoms. The zero-order valence-corrected chi connectivity index (χ0v) is 19.5. The van der Waals surface area contributed by atoms with Crippen molar-refractivity contribution in [2.75, 3.05) is 0 Å². The zero-order chi connectivity index (χ0) is 24.7.